The van der Waals surface area contributed by atoms with Gasteiger partial charge in [-0.25, -0.2) is 5.43 Å². The molecule has 6 heteroatoms. The van der Waals surface area contributed by atoms with Crippen molar-refractivity contribution in [1.29, 1.82) is 0 Å². The highest BCUT2D eigenvalue weighted by Crippen LogP contribution is 2.22. The summed E-state index contributed by atoms with van der Waals surface area (Å²) >= 11 is 0. The summed E-state index contributed by atoms with van der Waals surface area (Å²) in [5, 5.41) is 6.92. The Balaban J connectivity index is 1.54. The molecule has 0 saturated heterocycles. The van der Waals surface area contributed by atoms with Crippen LogP contribution in [0.15, 0.2) is 77.9 Å². The number of amides is 2. The van der Waals surface area contributed by atoms with E-state index in [0.717, 1.165) is 24.3 Å². The summed E-state index contributed by atoms with van der Waals surface area (Å²) in [6.45, 7) is 12.6. The van der Waals surface area contributed by atoms with Crippen LogP contribution in [-0.4, -0.2) is 31.1 Å². The standard InChI is InChI=1S/C29H34N4O2/c1-6-33(7-2)26-18-8-21(9-19-26)20-30-32-28(35)23-12-16-25(17-13-23)31-27(34)22-10-14-24(15-11-22)29(3,4)5/h8-20H,6-7H2,1-5H3,(H,31,34)(H,32,35)/b30-20+. The van der Waals surface area contributed by atoms with Gasteiger partial charge in [0.1, 0.15) is 0 Å². The number of rotatable bonds is 8. The average molecular weight is 471 g/mol. The second-order valence-corrected chi connectivity index (χ2v) is 9.32. The lowest BCUT2D eigenvalue weighted by atomic mass is 9.87. The molecular weight excluding hydrogens is 436 g/mol. The maximum absolute atomic E-state index is 12.6. The van der Waals surface area contributed by atoms with Crippen LogP contribution in [0.2, 0.25) is 0 Å². The van der Waals surface area contributed by atoms with Gasteiger partial charge in [0.15, 0.2) is 0 Å². The Labute approximate surface area is 208 Å². The van der Waals surface area contributed by atoms with Crippen LogP contribution >= 0.6 is 0 Å². The van der Waals surface area contributed by atoms with Gasteiger partial charge in [0, 0.05) is 35.6 Å². The third kappa shape index (κ3) is 7.03. The molecule has 2 N–H and O–H groups in total. The van der Waals surface area contributed by atoms with E-state index in [9.17, 15) is 9.59 Å². The molecule has 0 aromatic heterocycles. The van der Waals surface area contributed by atoms with Gasteiger partial charge in [0.25, 0.3) is 11.8 Å². The predicted molar refractivity (Wildman–Crippen MR) is 145 cm³/mol. The van der Waals surface area contributed by atoms with Crippen LogP contribution in [0.3, 0.4) is 0 Å². The Kier molecular flexibility index (Phi) is 8.42. The number of carbonyl (C=O) groups excluding carboxylic acids is 2. The summed E-state index contributed by atoms with van der Waals surface area (Å²) in [7, 11) is 0. The van der Waals surface area contributed by atoms with Crippen LogP contribution in [0.4, 0.5) is 11.4 Å². The normalized spacial score (nSPS) is 11.3. The van der Waals surface area contributed by atoms with Crippen molar-refractivity contribution in [3.05, 3.63) is 95.1 Å². The molecule has 0 fully saturated rings. The molecule has 0 heterocycles. The molecule has 0 aliphatic carbocycles. The lowest BCUT2D eigenvalue weighted by Crippen LogP contribution is -2.21. The first-order valence-electron chi connectivity index (χ1n) is 11.9. The topological polar surface area (TPSA) is 73.8 Å². The molecule has 0 bridgehead atoms. The summed E-state index contributed by atoms with van der Waals surface area (Å²) < 4.78 is 0. The number of benzene rings is 3. The van der Waals surface area contributed by atoms with E-state index < -0.39 is 0 Å². The highest BCUT2D eigenvalue weighted by Gasteiger charge is 2.14. The zero-order chi connectivity index (χ0) is 25.4. The van der Waals surface area contributed by atoms with E-state index in [0.29, 0.717) is 16.8 Å². The third-order valence-corrected chi connectivity index (χ3v) is 5.82. The number of carbonyl (C=O) groups is 2. The van der Waals surface area contributed by atoms with Gasteiger partial charge in [-0.3, -0.25) is 9.59 Å². The molecule has 0 aliphatic heterocycles. The van der Waals surface area contributed by atoms with Gasteiger partial charge in [0.2, 0.25) is 0 Å². The SMILES string of the molecule is CCN(CC)c1ccc(/C=N/NC(=O)c2ccc(NC(=O)c3ccc(C(C)(C)C)cc3)cc2)cc1. The second-order valence-electron chi connectivity index (χ2n) is 9.32. The quantitative estimate of drug-likeness (QED) is 0.321. The first-order chi connectivity index (χ1) is 16.7. The van der Waals surface area contributed by atoms with Gasteiger partial charge >= 0.3 is 0 Å². The van der Waals surface area contributed by atoms with Crippen molar-refractivity contribution in [3.8, 4) is 0 Å². The lowest BCUT2D eigenvalue weighted by Gasteiger charge is -2.20. The first-order valence-corrected chi connectivity index (χ1v) is 11.9. The van der Waals surface area contributed by atoms with Gasteiger partial charge < -0.3 is 10.2 Å². The van der Waals surface area contributed by atoms with Crippen molar-refractivity contribution in [2.45, 2.75) is 40.0 Å². The fourth-order valence-corrected chi connectivity index (χ4v) is 3.62. The Hall–Kier alpha value is -3.93. The van der Waals surface area contributed by atoms with Crippen LogP contribution in [0, 0.1) is 0 Å². The first kappa shape index (κ1) is 25.7. The molecule has 2 amide bonds. The van der Waals surface area contributed by atoms with E-state index in [1.807, 2.05) is 48.5 Å². The van der Waals surface area contributed by atoms with E-state index in [4.69, 9.17) is 0 Å². The van der Waals surface area contributed by atoms with Gasteiger partial charge in [-0.2, -0.15) is 5.10 Å². The van der Waals surface area contributed by atoms with Crippen LogP contribution in [0.5, 0.6) is 0 Å². The fourth-order valence-electron chi connectivity index (χ4n) is 3.62. The molecule has 35 heavy (non-hydrogen) atoms. The van der Waals surface area contributed by atoms with Crippen molar-refractivity contribution in [3.63, 3.8) is 0 Å². The Morgan fingerprint density at radius 1 is 0.800 bits per heavy atom. The van der Waals surface area contributed by atoms with Gasteiger partial charge in [-0.1, -0.05) is 45.0 Å². The van der Waals surface area contributed by atoms with Crippen LogP contribution in [0.25, 0.3) is 0 Å². The minimum Gasteiger partial charge on any atom is -0.372 e. The summed E-state index contributed by atoms with van der Waals surface area (Å²) in [4.78, 5) is 27.2. The van der Waals surface area contributed by atoms with Gasteiger partial charge in [0.05, 0.1) is 6.21 Å². The monoisotopic (exact) mass is 470 g/mol. The lowest BCUT2D eigenvalue weighted by molar-refractivity contribution is 0.0954. The second kappa shape index (κ2) is 11.5. The number of hydrazone groups is 1. The number of hydrogen-bond acceptors (Lipinski definition) is 4. The molecule has 3 aromatic carbocycles. The maximum Gasteiger partial charge on any atom is 0.271 e. The Bertz CT molecular complexity index is 1160. The number of hydrogen-bond donors (Lipinski definition) is 2. The minimum absolute atomic E-state index is 0.0331. The van der Waals surface area contributed by atoms with Crippen LogP contribution in [-0.2, 0) is 5.41 Å². The number of anilines is 2. The molecule has 0 aliphatic rings. The largest absolute Gasteiger partial charge is 0.372 e. The molecule has 0 saturated carbocycles. The zero-order valence-corrected chi connectivity index (χ0v) is 21.1. The molecule has 0 unspecified atom stereocenters. The Morgan fingerprint density at radius 2 is 1.34 bits per heavy atom. The third-order valence-electron chi connectivity index (χ3n) is 5.82. The maximum atomic E-state index is 12.6. The summed E-state index contributed by atoms with van der Waals surface area (Å²) in [5.74, 6) is -0.518. The van der Waals surface area contributed by atoms with Crippen LogP contribution < -0.4 is 15.6 Å². The zero-order valence-electron chi connectivity index (χ0n) is 21.1. The van der Waals surface area contributed by atoms with Crippen molar-refractivity contribution in [2.24, 2.45) is 5.10 Å². The molecule has 0 spiro atoms. The minimum atomic E-state index is -0.323. The van der Waals surface area contributed by atoms with Gasteiger partial charge in [-0.15, -0.1) is 0 Å². The smallest absolute Gasteiger partial charge is 0.271 e. The van der Waals surface area contributed by atoms with E-state index in [2.05, 4.69) is 55.4 Å². The van der Waals surface area contributed by atoms with E-state index >= 15 is 0 Å². The van der Waals surface area contributed by atoms with Crippen molar-refractivity contribution in [2.75, 3.05) is 23.3 Å². The summed E-state index contributed by atoms with van der Waals surface area (Å²) in [6.07, 6.45) is 1.61. The number of nitrogens with one attached hydrogen (secondary N) is 2. The molecule has 3 rings (SSSR count). The Morgan fingerprint density at radius 3 is 1.89 bits per heavy atom. The fraction of sp³-hybridized carbons (Fsp3) is 0.276. The average Bonchev–Trinajstić information content (AvgIpc) is 2.85. The van der Waals surface area contributed by atoms with Crippen molar-refractivity contribution >= 4 is 29.4 Å². The molecule has 0 atom stereocenters. The van der Waals surface area contributed by atoms with Crippen LogP contribution in [0.1, 0.15) is 66.5 Å². The summed E-state index contributed by atoms with van der Waals surface area (Å²) in [6, 6.07) is 22.3. The molecule has 6 nitrogen and oxygen atoms in total. The van der Waals surface area contributed by atoms with Gasteiger partial charge in [-0.05, 0) is 78.9 Å². The molecule has 3 aromatic rings. The predicted octanol–water partition coefficient (Wildman–Crippen LogP) is 5.85. The van der Waals surface area contributed by atoms with Crippen molar-refractivity contribution in [1.82, 2.24) is 5.43 Å². The molecule has 0 radical (unpaired) electrons. The van der Waals surface area contributed by atoms with E-state index in [1.54, 1.807) is 30.5 Å². The highest BCUT2D eigenvalue weighted by atomic mass is 16.2. The highest BCUT2D eigenvalue weighted by molar-refractivity contribution is 6.04. The number of nitrogens with zero attached hydrogens (tertiary/aromatic N) is 2. The van der Waals surface area contributed by atoms with E-state index in [1.165, 1.54) is 5.56 Å². The van der Waals surface area contributed by atoms with E-state index in [-0.39, 0.29) is 17.2 Å². The summed E-state index contributed by atoms with van der Waals surface area (Å²) in [5.41, 5.74) is 7.45. The molecular formula is C29H34N4O2. The molecule has 182 valence electrons. The van der Waals surface area contributed by atoms with Crippen molar-refractivity contribution < 1.29 is 9.59 Å².